The number of hydrogen-bond donors (Lipinski definition) is 1. The maximum Gasteiger partial charge on any atom is 0.333 e. The number of rotatable bonds is 7. The Morgan fingerprint density at radius 3 is 2.51 bits per heavy atom. The second-order valence-electron chi connectivity index (χ2n) is 7.77. The summed E-state index contributed by atoms with van der Waals surface area (Å²) in [5, 5.41) is 2.83. The Morgan fingerprint density at radius 1 is 0.971 bits per heavy atom. The number of carbonyl (C=O) groups is 1. The Balaban J connectivity index is 1.54. The van der Waals surface area contributed by atoms with Gasteiger partial charge in [-0.05, 0) is 54.6 Å². The number of fused-ring (bicyclic) bond motifs is 1. The van der Waals surface area contributed by atoms with Crippen LogP contribution in [0.25, 0.3) is 16.9 Å². The Labute approximate surface area is 201 Å². The maximum absolute atomic E-state index is 13.5. The third kappa shape index (κ3) is 4.31. The highest BCUT2D eigenvalue weighted by molar-refractivity contribution is 5.92. The lowest BCUT2D eigenvalue weighted by atomic mass is 10.1. The molecule has 0 spiro atoms. The van der Waals surface area contributed by atoms with Gasteiger partial charge in [0.2, 0.25) is 12.7 Å². The molecule has 178 valence electrons. The minimum atomic E-state index is -0.369. The van der Waals surface area contributed by atoms with Crippen LogP contribution < -0.4 is 30.0 Å². The quantitative estimate of drug-likeness (QED) is 0.440. The highest BCUT2D eigenvalue weighted by Gasteiger charge is 2.20. The number of methoxy groups -OCH3 is 2. The van der Waals surface area contributed by atoms with Gasteiger partial charge in [-0.1, -0.05) is 12.1 Å². The molecule has 1 aliphatic rings. The van der Waals surface area contributed by atoms with Gasteiger partial charge in [-0.15, -0.1) is 0 Å². The fraction of sp³-hybridized carbons (Fsp3) is 0.154. The molecule has 1 amide bonds. The summed E-state index contributed by atoms with van der Waals surface area (Å²) in [4.78, 5) is 26.5. The minimum absolute atomic E-state index is 0.139. The molecule has 35 heavy (non-hydrogen) atoms. The van der Waals surface area contributed by atoms with Crippen LogP contribution in [-0.2, 0) is 11.3 Å². The summed E-state index contributed by atoms with van der Waals surface area (Å²) in [6.07, 6.45) is 1.71. The lowest BCUT2D eigenvalue weighted by Gasteiger charge is -2.11. The second kappa shape index (κ2) is 9.30. The average molecular weight is 473 g/mol. The van der Waals surface area contributed by atoms with Crippen molar-refractivity contribution >= 4 is 11.6 Å². The van der Waals surface area contributed by atoms with Crippen LogP contribution in [0.5, 0.6) is 23.0 Å². The fourth-order valence-corrected chi connectivity index (χ4v) is 3.93. The van der Waals surface area contributed by atoms with Crippen LogP contribution in [-0.4, -0.2) is 36.1 Å². The zero-order chi connectivity index (χ0) is 24.4. The Hall–Kier alpha value is -4.66. The second-order valence-corrected chi connectivity index (χ2v) is 7.77. The molecule has 4 aromatic rings. The molecule has 0 fully saturated rings. The van der Waals surface area contributed by atoms with Crippen LogP contribution in [0.4, 0.5) is 5.69 Å². The van der Waals surface area contributed by atoms with E-state index in [1.165, 1.54) is 16.2 Å². The van der Waals surface area contributed by atoms with Gasteiger partial charge in [-0.25, -0.2) is 4.79 Å². The molecular formula is C26H23N3O6. The number of aromatic nitrogens is 2. The molecule has 5 rings (SSSR count). The number of nitrogens with one attached hydrogen (secondary N) is 1. The lowest BCUT2D eigenvalue weighted by Crippen LogP contribution is -2.29. The number of benzene rings is 3. The molecule has 0 atom stereocenters. The van der Waals surface area contributed by atoms with E-state index < -0.39 is 0 Å². The monoisotopic (exact) mass is 473 g/mol. The number of anilines is 1. The van der Waals surface area contributed by atoms with Crippen LogP contribution >= 0.6 is 0 Å². The number of imidazole rings is 1. The summed E-state index contributed by atoms with van der Waals surface area (Å²) < 4.78 is 24.4. The number of ether oxygens (including phenoxy) is 4. The maximum atomic E-state index is 13.5. The summed E-state index contributed by atoms with van der Waals surface area (Å²) in [6, 6.07) is 19.6. The largest absolute Gasteiger partial charge is 0.497 e. The predicted octanol–water partition coefficient (Wildman–Crippen LogP) is 3.69. The van der Waals surface area contributed by atoms with Crippen molar-refractivity contribution in [3.05, 3.63) is 83.4 Å². The third-order valence-electron chi connectivity index (χ3n) is 5.68. The first-order chi connectivity index (χ1) is 17.1. The molecule has 0 saturated heterocycles. The zero-order valence-electron chi connectivity index (χ0n) is 19.2. The van der Waals surface area contributed by atoms with Crippen molar-refractivity contribution < 1.29 is 23.7 Å². The van der Waals surface area contributed by atoms with Crippen molar-refractivity contribution in [1.82, 2.24) is 9.13 Å². The van der Waals surface area contributed by atoms with Crippen molar-refractivity contribution in [2.24, 2.45) is 0 Å². The molecule has 2 heterocycles. The van der Waals surface area contributed by atoms with Gasteiger partial charge in [0.05, 0.1) is 31.3 Å². The first kappa shape index (κ1) is 22.1. The van der Waals surface area contributed by atoms with Gasteiger partial charge in [-0.3, -0.25) is 13.9 Å². The predicted molar refractivity (Wildman–Crippen MR) is 130 cm³/mol. The third-order valence-corrected chi connectivity index (χ3v) is 5.68. The van der Waals surface area contributed by atoms with Gasteiger partial charge >= 0.3 is 5.69 Å². The van der Waals surface area contributed by atoms with E-state index in [2.05, 4.69) is 5.32 Å². The normalized spacial score (nSPS) is 11.8. The Morgan fingerprint density at radius 2 is 1.74 bits per heavy atom. The van der Waals surface area contributed by atoms with E-state index in [1.54, 1.807) is 67.9 Å². The molecule has 0 radical (unpaired) electrons. The van der Waals surface area contributed by atoms with E-state index in [1.807, 2.05) is 12.1 Å². The summed E-state index contributed by atoms with van der Waals surface area (Å²) >= 11 is 0. The molecule has 1 N–H and O–H groups in total. The zero-order valence-corrected chi connectivity index (χ0v) is 19.2. The SMILES string of the molecule is COc1ccc(-n2cc(-c3ccc4c(c3)OCO4)n(CC(=O)Nc3ccccc3OC)c2=O)cc1. The van der Waals surface area contributed by atoms with Gasteiger partial charge in [0, 0.05) is 11.8 Å². The van der Waals surface area contributed by atoms with Crippen LogP contribution in [0.2, 0.25) is 0 Å². The molecule has 1 aromatic heterocycles. The van der Waals surface area contributed by atoms with Crippen LogP contribution in [0, 0.1) is 0 Å². The van der Waals surface area contributed by atoms with Gasteiger partial charge < -0.3 is 24.3 Å². The van der Waals surface area contributed by atoms with Gasteiger partial charge in [-0.2, -0.15) is 0 Å². The first-order valence-electron chi connectivity index (χ1n) is 10.9. The van der Waals surface area contributed by atoms with Gasteiger partial charge in [0.1, 0.15) is 18.0 Å². The van der Waals surface area contributed by atoms with Gasteiger partial charge in [0.25, 0.3) is 0 Å². The number of hydrogen-bond acceptors (Lipinski definition) is 6. The Kier molecular flexibility index (Phi) is 5.88. The minimum Gasteiger partial charge on any atom is -0.497 e. The van der Waals surface area contributed by atoms with E-state index in [4.69, 9.17) is 18.9 Å². The molecule has 0 bridgehead atoms. The molecule has 9 nitrogen and oxygen atoms in total. The van der Waals surface area contributed by atoms with E-state index in [9.17, 15) is 9.59 Å². The highest BCUT2D eigenvalue weighted by Crippen LogP contribution is 2.36. The van der Waals surface area contributed by atoms with E-state index in [-0.39, 0.29) is 24.9 Å². The molecule has 1 aliphatic heterocycles. The fourth-order valence-electron chi connectivity index (χ4n) is 3.93. The van der Waals surface area contributed by atoms with Crippen LogP contribution in [0.3, 0.4) is 0 Å². The van der Waals surface area contributed by atoms with Crippen LogP contribution in [0.15, 0.2) is 77.7 Å². The molecule has 9 heteroatoms. The lowest BCUT2D eigenvalue weighted by molar-refractivity contribution is -0.116. The first-order valence-corrected chi connectivity index (χ1v) is 10.9. The smallest absolute Gasteiger partial charge is 0.333 e. The molecule has 0 saturated carbocycles. The van der Waals surface area contributed by atoms with Crippen molar-refractivity contribution in [3.8, 4) is 39.9 Å². The van der Waals surface area contributed by atoms with Crippen LogP contribution in [0.1, 0.15) is 0 Å². The number of para-hydroxylation sites is 2. The highest BCUT2D eigenvalue weighted by atomic mass is 16.7. The average Bonchev–Trinajstić information content (AvgIpc) is 3.48. The summed E-state index contributed by atoms with van der Waals surface area (Å²) in [5.74, 6) is 2.04. The van der Waals surface area contributed by atoms with Crippen molar-refractivity contribution in [1.29, 1.82) is 0 Å². The number of nitrogens with zero attached hydrogens (tertiary/aromatic N) is 2. The molecular weight excluding hydrogens is 450 g/mol. The number of carbonyl (C=O) groups excluding carboxylic acids is 1. The topological polar surface area (TPSA) is 93.0 Å². The number of amides is 1. The van der Waals surface area contributed by atoms with E-state index in [0.29, 0.717) is 45.6 Å². The van der Waals surface area contributed by atoms with Gasteiger partial charge in [0.15, 0.2) is 11.5 Å². The van der Waals surface area contributed by atoms with Crippen molar-refractivity contribution in [2.75, 3.05) is 26.3 Å². The molecule has 0 unspecified atom stereocenters. The standard InChI is InChI=1S/C26H23N3O6/c1-32-19-10-8-18(9-11-19)28-14-21(17-7-12-23-24(13-17)35-16-34-23)29(26(28)31)15-25(30)27-20-5-3-4-6-22(20)33-2/h3-14H,15-16H2,1-2H3,(H,27,30). The summed E-state index contributed by atoms with van der Waals surface area (Å²) in [6.45, 7) is -0.0659. The van der Waals surface area contributed by atoms with E-state index in [0.717, 1.165) is 0 Å². The molecule has 0 aliphatic carbocycles. The summed E-state index contributed by atoms with van der Waals surface area (Å²) in [7, 11) is 3.11. The Bertz CT molecular complexity index is 1440. The molecule has 3 aromatic carbocycles. The van der Waals surface area contributed by atoms with Crippen molar-refractivity contribution in [3.63, 3.8) is 0 Å². The van der Waals surface area contributed by atoms with E-state index >= 15 is 0 Å². The van der Waals surface area contributed by atoms with Crippen molar-refractivity contribution in [2.45, 2.75) is 6.54 Å². The summed E-state index contributed by atoms with van der Waals surface area (Å²) in [5.41, 5.74) is 2.06.